The Bertz CT molecular complexity index is 365. The molecule has 0 heterocycles. The van der Waals surface area contributed by atoms with Crippen LogP contribution in [0, 0.1) is 0 Å². The van der Waals surface area contributed by atoms with Crippen LogP contribution in [-0.2, 0) is 4.74 Å². The van der Waals surface area contributed by atoms with Crippen LogP contribution in [0.1, 0.15) is 17.3 Å². The van der Waals surface area contributed by atoms with Crippen molar-refractivity contribution < 1.29 is 19.0 Å². The normalized spacial score (nSPS) is 9.94. The van der Waals surface area contributed by atoms with E-state index in [9.17, 15) is 4.79 Å². The van der Waals surface area contributed by atoms with E-state index in [4.69, 9.17) is 25.8 Å². The summed E-state index contributed by atoms with van der Waals surface area (Å²) in [6.45, 7) is 2.45. The van der Waals surface area contributed by atoms with Gasteiger partial charge in [-0.2, -0.15) is 0 Å². The molecule has 0 spiro atoms. The molecule has 0 atom stereocenters. The molecule has 0 amide bonds. The van der Waals surface area contributed by atoms with Crippen molar-refractivity contribution in [1.82, 2.24) is 0 Å². The molecule has 0 saturated heterocycles. The number of aldehydes is 1. The van der Waals surface area contributed by atoms with E-state index < -0.39 is 0 Å². The van der Waals surface area contributed by atoms with Crippen LogP contribution >= 0.6 is 11.6 Å². The van der Waals surface area contributed by atoms with Gasteiger partial charge in [-0.1, -0.05) is 11.6 Å². The summed E-state index contributed by atoms with van der Waals surface area (Å²) in [4.78, 5) is 10.8. The molecular formula is C11H13ClO4. The van der Waals surface area contributed by atoms with Gasteiger partial charge in [0.2, 0.25) is 0 Å². The van der Waals surface area contributed by atoms with Gasteiger partial charge < -0.3 is 14.2 Å². The third-order valence-electron chi connectivity index (χ3n) is 1.89. The summed E-state index contributed by atoms with van der Waals surface area (Å²) < 4.78 is 15.4. The second-order valence-electron chi connectivity index (χ2n) is 2.90. The lowest BCUT2D eigenvalue weighted by Crippen LogP contribution is -2.05. The number of methoxy groups -OCH3 is 1. The molecule has 0 fully saturated rings. The molecule has 0 aliphatic rings. The number of carbonyl (C=O) groups excluding carboxylic acids is 1. The van der Waals surface area contributed by atoms with Crippen LogP contribution in [0.2, 0.25) is 5.02 Å². The highest BCUT2D eigenvalue weighted by Gasteiger charge is 2.12. The van der Waals surface area contributed by atoms with E-state index in [1.54, 1.807) is 6.07 Å². The Hall–Kier alpha value is -1.26. The minimum Gasteiger partial charge on any atom is -0.493 e. The van der Waals surface area contributed by atoms with Gasteiger partial charge in [0.05, 0.1) is 12.7 Å². The van der Waals surface area contributed by atoms with Crippen molar-refractivity contribution in [3.8, 4) is 11.5 Å². The first-order valence-electron chi connectivity index (χ1n) is 4.76. The first-order valence-corrected chi connectivity index (χ1v) is 5.14. The fourth-order valence-electron chi connectivity index (χ4n) is 1.17. The predicted octanol–water partition coefficient (Wildman–Crippen LogP) is 2.53. The van der Waals surface area contributed by atoms with Crippen molar-refractivity contribution in [3.63, 3.8) is 0 Å². The first-order chi connectivity index (χ1) is 7.72. The van der Waals surface area contributed by atoms with E-state index in [1.165, 1.54) is 13.2 Å². The topological polar surface area (TPSA) is 44.8 Å². The molecule has 1 aromatic rings. The van der Waals surface area contributed by atoms with E-state index in [0.717, 1.165) is 0 Å². The maximum atomic E-state index is 10.8. The van der Waals surface area contributed by atoms with Gasteiger partial charge in [0.25, 0.3) is 0 Å². The molecule has 0 aliphatic heterocycles. The lowest BCUT2D eigenvalue weighted by molar-refractivity contribution is 0.0205. The Morgan fingerprint density at radius 2 is 2.19 bits per heavy atom. The molecule has 1 aromatic carbocycles. The molecule has 0 radical (unpaired) electrons. The third-order valence-corrected chi connectivity index (χ3v) is 2.10. The average Bonchev–Trinajstić information content (AvgIpc) is 2.30. The lowest BCUT2D eigenvalue weighted by atomic mass is 10.2. The zero-order valence-electron chi connectivity index (χ0n) is 9.16. The fourth-order valence-corrected chi connectivity index (χ4v) is 1.38. The van der Waals surface area contributed by atoms with Crippen LogP contribution in [0.15, 0.2) is 12.1 Å². The minimum absolute atomic E-state index is 0.0648. The molecule has 0 unspecified atom stereocenters. The zero-order chi connectivity index (χ0) is 12.0. The van der Waals surface area contributed by atoms with Crippen LogP contribution < -0.4 is 9.47 Å². The molecule has 0 saturated carbocycles. The largest absolute Gasteiger partial charge is 0.493 e. The maximum absolute atomic E-state index is 10.8. The Balaban J connectivity index is 2.97. The minimum atomic E-state index is 0.0648. The van der Waals surface area contributed by atoms with Crippen LogP contribution in [0.5, 0.6) is 11.5 Å². The summed E-state index contributed by atoms with van der Waals surface area (Å²) in [5.74, 6) is 0.754. The van der Waals surface area contributed by atoms with Crippen LogP contribution in [-0.4, -0.2) is 26.8 Å². The Morgan fingerprint density at radius 1 is 1.44 bits per heavy atom. The molecule has 88 valence electrons. The number of carbonyl (C=O) groups is 1. The van der Waals surface area contributed by atoms with Gasteiger partial charge in [0, 0.05) is 17.7 Å². The quantitative estimate of drug-likeness (QED) is 0.438. The highest BCUT2D eigenvalue weighted by atomic mass is 35.5. The van der Waals surface area contributed by atoms with Crippen LogP contribution in [0.4, 0.5) is 0 Å². The van der Waals surface area contributed by atoms with Gasteiger partial charge in [-0.15, -0.1) is 0 Å². The fraction of sp³-hybridized carbons (Fsp3) is 0.364. The first kappa shape index (κ1) is 12.8. The molecule has 0 aromatic heterocycles. The molecule has 5 heteroatoms. The number of ether oxygens (including phenoxy) is 3. The number of benzene rings is 1. The van der Waals surface area contributed by atoms with Gasteiger partial charge in [-0.25, -0.2) is 0 Å². The highest BCUT2D eigenvalue weighted by Crippen LogP contribution is 2.33. The summed E-state index contributed by atoms with van der Waals surface area (Å²) in [6.07, 6.45) is 0.662. The number of hydrogen-bond donors (Lipinski definition) is 0. The van der Waals surface area contributed by atoms with Crippen molar-refractivity contribution in [2.45, 2.75) is 6.92 Å². The third kappa shape index (κ3) is 3.12. The Kier molecular flexibility index (Phi) is 5.08. The zero-order valence-corrected chi connectivity index (χ0v) is 9.91. The molecule has 0 bridgehead atoms. The van der Waals surface area contributed by atoms with E-state index in [0.29, 0.717) is 35.0 Å². The highest BCUT2D eigenvalue weighted by molar-refractivity contribution is 6.31. The summed E-state index contributed by atoms with van der Waals surface area (Å²) in [7, 11) is 1.48. The van der Waals surface area contributed by atoms with Gasteiger partial charge >= 0.3 is 0 Å². The predicted molar refractivity (Wildman–Crippen MR) is 60.5 cm³/mol. The number of rotatable bonds is 6. The molecular weight excluding hydrogens is 232 g/mol. The van der Waals surface area contributed by atoms with E-state index >= 15 is 0 Å². The molecule has 0 aliphatic carbocycles. The average molecular weight is 245 g/mol. The van der Waals surface area contributed by atoms with Gasteiger partial charge in [-0.3, -0.25) is 4.79 Å². The number of hydrogen-bond acceptors (Lipinski definition) is 4. The Labute approximate surface area is 99.1 Å². The summed E-state index contributed by atoms with van der Waals surface area (Å²) in [5, 5.41) is 0.419. The lowest BCUT2D eigenvalue weighted by Gasteiger charge is -2.12. The molecule has 1 rings (SSSR count). The SMILES string of the molecule is CCOCOc1c(C=O)cc(Cl)cc1OC. The second-order valence-corrected chi connectivity index (χ2v) is 3.34. The van der Waals surface area contributed by atoms with Crippen LogP contribution in [0.25, 0.3) is 0 Å². The van der Waals surface area contributed by atoms with Crippen LogP contribution in [0.3, 0.4) is 0 Å². The van der Waals surface area contributed by atoms with Crippen molar-refractivity contribution in [2.24, 2.45) is 0 Å². The summed E-state index contributed by atoms with van der Waals surface area (Å²) in [6, 6.07) is 3.09. The van der Waals surface area contributed by atoms with Gasteiger partial charge in [-0.05, 0) is 13.0 Å². The van der Waals surface area contributed by atoms with Crippen molar-refractivity contribution in [3.05, 3.63) is 22.7 Å². The monoisotopic (exact) mass is 244 g/mol. The van der Waals surface area contributed by atoms with Crippen molar-refractivity contribution >= 4 is 17.9 Å². The maximum Gasteiger partial charge on any atom is 0.189 e. The summed E-state index contributed by atoms with van der Waals surface area (Å²) in [5.41, 5.74) is 0.337. The standard InChI is InChI=1S/C11H13ClO4/c1-3-15-7-16-11-8(6-13)4-9(12)5-10(11)14-2/h4-6H,3,7H2,1-2H3. The Morgan fingerprint density at radius 3 is 2.75 bits per heavy atom. The van der Waals surface area contributed by atoms with Crippen molar-refractivity contribution in [2.75, 3.05) is 20.5 Å². The van der Waals surface area contributed by atoms with Gasteiger partial charge in [0.1, 0.15) is 0 Å². The summed E-state index contributed by atoms with van der Waals surface area (Å²) >= 11 is 5.82. The smallest absolute Gasteiger partial charge is 0.189 e. The van der Waals surface area contributed by atoms with E-state index in [-0.39, 0.29) is 6.79 Å². The molecule has 0 N–H and O–H groups in total. The number of halogens is 1. The van der Waals surface area contributed by atoms with Gasteiger partial charge in [0.15, 0.2) is 24.6 Å². The molecule has 4 nitrogen and oxygen atoms in total. The molecule has 16 heavy (non-hydrogen) atoms. The van der Waals surface area contributed by atoms with Crippen molar-refractivity contribution in [1.29, 1.82) is 0 Å². The van der Waals surface area contributed by atoms with E-state index in [2.05, 4.69) is 0 Å². The van der Waals surface area contributed by atoms with E-state index in [1.807, 2.05) is 6.92 Å². The second kappa shape index (κ2) is 6.35.